The number of aliphatic hydroxyl groups is 1. The second kappa shape index (κ2) is 7.73. The van der Waals surface area contributed by atoms with Gasteiger partial charge in [-0.2, -0.15) is 0 Å². The predicted octanol–water partition coefficient (Wildman–Crippen LogP) is 2.99. The first-order chi connectivity index (χ1) is 11.6. The SMILES string of the molecule is C[C@@H](O)c1cccc(N2CCCN(Cc3ccc(F)cc3)CC2)n1. The highest BCUT2D eigenvalue weighted by atomic mass is 19.1. The molecule has 1 aromatic carbocycles. The van der Waals surface area contributed by atoms with Gasteiger partial charge in [-0.15, -0.1) is 0 Å². The first kappa shape index (κ1) is 16.9. The Bertz CT molecular complexity index is 660. The van der Waals surface area contributed by atoms with Crippen LogP contribution in [0.2, 0.25) is 0 Å². The van der Waals surface area contributed by atoms with Gasteiger partial charge in [0, 0.05) is 32.7 Å². The van der Waals surface area contributed by atoms with Crippen LogP contribution in [0.3, 0.4) is 0 Å². The summed E-state index contributed by atoms with van der Waals surface area (Å²) >= 11 is 0. The minimum Gasteiger partial charge on any atom is -0.387 e. The average Bonchev–Trinajstić information content (AvgIpc) is 2.83. The number of hydrogen-bond acceptors (Lipinski definition) is 4. The van der Waals surface area contributed by atoms with Crippen LogP contribution in [0.4, 0.5) is 10.2 Å². The maximum Gasteiger partial charge on any atom is 0.128 e. The molecule has 1 N–H and O–H groups in total. The lowest BCUT2D eigenvalue weighted by molar-refractivity contribution is 0.194. The molecule has 0 saturated carbocycles. The van der Waals surface area contributed by atoms with E-state index in [1.54, 1.807) is 6.92 Å². The van der Waals surface area contributed by atoms with Gasteiger partial charge in [0.05, 0.1) is 11.8 Å². The lowest BCUT2D eigenvalue weighted by Crippen LogP contribution is -2.31. The molecule has 0 radical (unpaired) electrons. The van der Waals surface area contributed by atoms with E-state index in [-0.39, 0.29) is 5.82 Å². The van der Waals surface area contributed by atoms with Crippen LogP contribution < -0.4 is 4.90 Å². The van der Waals surface area contributed by atoms with E-state index in [9.17, 15) is 9.50 Å². The number of pyridine rings is 1. The summed E-state index contributed by atoms with van der Waals surface area (Å²) in [6.07, 6.45) is 0.508. The minimum atomic E-state index is -0.549. The van der Waals surface area contributed by atoms with E-state index >= 15 is 0 Å². The first-order valence-electron chi connectivity index (χ1n) is 8.48. The number of hydrogen-bond donors (Lipinski definition) is 1. The molecule has 128 valence electrons. The fourth-order valence-electron chi connectivity index (χ4n) is 3.05. The Labute approximate surface area is 142 Å². The molecule has 2 heterocycles. The number of rotatable bonds is 4. The summed E-state index contributed by atoms with van der Waals surface area (Å²) in [5.74, 6) is 0.738. The van der Waals surface area contributed by atoms with Gasteiger partial charge in [-0.1, -0.05) is 18.2 Å². The zero-order valence-electron chi connectivity index (χ0n) is 14.0. The molecule has 5 heteroatoms. The van der Waals surface area contributed by atoms with Crippen LogP contribution in [0.25, 0.3) is 0 Å². The van der Waals surface area contributed by atoms with Crippen LogP contribution in [0.15, 0.2) is 42.5 Å². The summed E-state index contributed by atoms with van der Waals surface area (Å²) < 4.78 is 13.0. The Kier molecular flexibility index (Phi) is 5.43. The fourth-order valence-corrected chi connectivity index (χ4v) is 3.05. The normalized spacial score (nSPS) is 17.5. The maximum absolute atomic E-state index is 13.0. The van der Waals surface area contributed by atoms with E-state index in [2.05, 4.69) is 14.8 Å². The Morgan fingerprint density at radius 3 is 2.62 bits per heavy atom. The summed E-state index contributed by atoms with van der Waals surface area (Å²) in [4.78, 5) is 9.24. The molecule has 0 unspecified atom stereocenters. The molecule has 24 heavy (non-hydrogen) atoms. The summed E-state index contributed by atoms with van der Waals surface area (Å²) in [6, 6.07) is 12.5. The molecular formula is C19H24FN3O. The summed E-state index contributed by atoms with van der Waals surface area (Å²) in [6.45, 7) is 6.39. The van der Waals surface area contributed by atoms with Crippen LogP contribution in [0.5, 0.6) is 0 Å². The second-order valence-electron chi connectivity index (χ2n) is 6.34. The van der Waals surface area contributed by atoms with Crippen LogP contribution in [0, 0.1) is 5.82 Å². The van der Waals surface area contributed by atoms with E-state index in [4.69, 9.17) is 0 Å². The smallest absolute Gasteiger partial charge is 0.128 e. The molecule has 0 bridgehead atoms. The highest BCUT2D eigenvalue weighted by Gasteiger charge is 2.17. The molecule has 1 atom stereocenters. The van der Waals surface area contributed by atoms with Gasteiger partial charge in [0.25, 0.3) is 0 Å². The molecule has 1 aromatic heterocycles. The third-order valence-electron chi connectivity index (χ3n) is 4.42. The quantitative estimate of drug-likeness (QED) is 0.936. The van der Waals surface area contributed by atoms with E-state index in [1.165, 1.54) is 12.1 Å². The molecule has 1 aliphatic rings. The minimum absolute atomic E-state index is 0.190. The molecule has 1 saturated heterocycles. The lowest BCUT2D eigenvalue weighted by atomic mass is 10.2. The summed E-state index contributed by atoms with van der Waals surface area (Å²) in [7, 11) is 0. The van der Waals surface area contributed by atoms with Crippen molar-refractivity contribution in [2.45, 2.75) is 26.0 Å². The topological polar surface area (TPSA) is 39.6 Å². The molecule has 1 aliphatic heterocycles. The van der Waals surface area contributed by atoms with Gasteiger partial charge in [-0.3, -0.25) is 4.90 Å². The molecule has 2 aromatic rings. The number of aromatic nitrogens is 1. The predicted molar refractivity (Wildman–Crippen MR) is 93.4 cm³/mol. The van der Waals surface area contributed by atoms with Gasteiger partial charge < -0.3 is 10.0 Å². The second-order valence-corrected chi connectivity index (χ2v) is 6.34. The van der Waals surface area contributed by atoms with Gasteiger partial charge in [0.15, 0.2) is 0 Å². The van der Waals surface area contributed by atoms with Crippen LogP contribution in [-0.2, 0) is 6.54 Å². The average molecular weight is 329 g/mol. The lowest BCUT2D eigenvalue weighted by Gasteiger charge is -2.23. The maximum atomic E-state index is 13.0. The molecule has 4 nitrogen and oxygen atoms in total. The van der Waals surface area contributed by atoms with Crippen LogP contribution in [-0.4, -0.2) is 41.2 Å². The number of aliphatic hydroxyl groups excluding tert-OH is 1. The van der Waals surface area contributed by atoms with Crippen molar-refractivity contribution < 1.29 is 9.50 Å². The van der Waals surface area contributed by atoms with Crippen molar-refractivity contribution >= 4 is 5.82 Å². The third kappa shape index (κ3) is 4.30. The Morgan fingerprint density at radius 2 is 1.88 bits per heavy atom. The largest absolute Gasteiger partial charge is 0.387 e. The van der Waals surface area contributed by atoms with E-state index in [0.29, 0.717) is 5.69 Å². The van der Waals surface area contributed by atoms with Gasteiger partial charge in [-0.05, 0) is 43.2 Å². The molecule has 0 aliphatic carbocycles. The van der Waals surface area contributed by atoms with Crippen molar-refractivity contribution in [3.63, 3.8) is 0 Å². The Balaban J connectivity index is 1.62. The van der Waals surface area contributed by atoms with Gasteiger partial charge in [0.2, 0.25) is 0 Å². The van der Waals surface area contributed by atoms with Crippen LogP contribution >= 0.6 is 0 Å². The molecular weight excluding hydrogens is 305 g/mol. The standard InChI is InChI=1S/C19H24FN3O/c1-15(24)18-4-2-5-19(21-18)23-11-3-10-22(12-13-23)14-16-6-8-17(20)9-7-16/h2,4-9,15,24H,3,10-14H2,1H3/t15-/m1/s1. The molecule has 3 rings (SSSR count). The van der Waals surface area contributed by atoms with Gasteiger partial charge >= 0.3 is 0 Å². The Morgan fingerprint density at radius 1 is 1.08 bits per heavy atom. The van der Waals surface area contributed by atoms with E-state index in [0.717, 1.165) is 50.5 Å². The van der Waals surface area contributed by atoms with E-state index in [1.807, 2.05) is 30.3 Å². The highest BCUT2D eigenvalue weighted by Crippen LogP contribution is 2.18. The van der Waals surface area contributed by atoms with Crippen molar-refractivity contribution in [1.29, 1.82) is 0 Å². The van der Waals surface area contributed by atoms with Crippen molar-refractivity contribution in [2.24, 2.45) is 0 Å². The number of benzene rings is 1. The number of anilines is 1. The number of nitrogens with zero attached hydrogens (tertiary/aromatic N) is 3. The molecule has 1 fully saturated rings. The first-order valence-corrected chi connectivity index (χ1v) is 8.48. The highest BCUT2D eigenvalue weighted by molar-refractivity contribution is 5.39. The summed E-state index contributed by atoms with van der Waals surface area (Å²) in [5, 5.41) is 9.71. The fraction of sp³-hybridized carbons (Fsp3) is 0.421. The van der Waals surface area contributed by atoms with Crippen molar-refractivity contribution in [2.75, 3.05) is 31.1 Å². The molecule has 0 spiro atoms. The van der Waals surface area contributed by atoms with Gasteiger partial charge in [-0.25, -0.2) is 9.37 Å². The molecule has 0 amide bonds. The third-order valence-corrected chi connectivity index (χ3v) is 4.42. The monoisotopic (exact) mass is 329 g/mol. The van der Waals surface area contributed by atoms with Gasteiger partial charge in [0.1, 0.15) is 11.6 Å². The Hall–Kier alpha value is -1.98. The number of halogens is 1. The van der Waals surface area contributed by atoms with Crippen LogP contribution in [0.1, 0.15) is 30.7 Å². The summed E-state index contributed by atoms with van der Waals surface area (Å²) in [5.41, 5.74) is 1.85. The zero-order valence-corrected chi connectivity index (χ0v) is 14.0. The van der Waals surface area contributed by atoms with Crippen molar-refractivity contribution in [1.82, 2.24) is 9.88 Å². The zero-order chi connectivity index (χ0) is 16.9. The van der Waals surface area contributed by atoms with Crippen molar-refractivity contribution in [3.8, 4) is 0 Å². The van der Waals surface area contributed by atoms with Crippen molar-refractivity contribution in [3.05, 3.63) is 59.5 Å². The van der Waals surface area contributed by atoms with E-state index < -0.39 is 6.10 Å².